The number of nitrogens with zero attached hydrogens (tertiary/aromatic N) is 1. The van der Waals surface area contributed by atoms with E-state index < -0.39 is 0 Å². The summed E-state index contributed by atoms with van der Waals surface area (Å²) in [5.74, 6) is 1.41. The van der Waals surface area contributed by atoms with Crippen molar-refractivity contribution in [1.29, 1.82) is 0 Å². The average molecular weight is 263 g/mol. The van der Waals surface area contributed by atoms with Crippen LogP contribution in [0.4, 0.5) is 0 Å². The van der Waals surface area contributed by atoms with Gasteiger partial charge in [-0.25, -0.2) is 0 Å². The van der Waals surface area contributed by atoms with Gasteiger partial charge in [-0.2, -0.15) is 0 Å². The number of ether oxygens (including phenoxy) is 3. The zero-order valence-electron chi connectivity index (χ0n) is 11.1. The predicted octanol–water partition coefficient (Wildman–Crippen LogP) is 1.99. The highest BCUT2D eigenvalue weighted by molar-refractivity contribution is 6.02. The van der Waals surface area contributed by atoms with Crippen LogP contribution in [0.5, 0.6) is 11.5 Å². The van der Waals surface area contributed by atoms with Crippen molar-refractivity contribution in [2.75, 3.05) is 27.4 Å². The van der Waals surface area contributed by atoms with Gasteiger partial charge in [0.1, 0.15) is 0 Å². The van der Waals surface area contributed by atoms with E-state index in [4.69, 9.17) is 19.0 Å². The summed E-state index contributed by atoms with van der Waals surface area (Å²) in [7, 11) is 3.25. The van der Waals surface area contributed by atoms with Gasteiger partial charge in [-0.3, -0.25) is 0 Å². The Balaban J connectivity index is 1.83. The summed E-state index contributed by atoms with van der Waals surface area (Å²) in [4.78, 5) is 5.59. The van der Waals surface area contributed by atoms with Crippen molar-refractivity contribution >= 4 is 5.71 Å². The van der Waals surface area contributed by atoms with Gasteiger partial charge < -0.3 is 19.0 Å². The lowest BCUT2D eigenvalue weighted by Crippen LogP contribution is -2.29. The summed E-state index contributed by atoms with van der Waals surface area (Å²) in [6, 6.07) is 5.78. The third kappa shape index (κ3) is 2.14. The molecule has 5 nitrogen and oxygen atoms in total. The minimum absolute atomic E-state index is 0.248. The molecule has 1 atom stereocenters. The van der Waals surface area contributed by atoms with Gasteiger partial charge in [0, 0.05) is 18.4 Å². The molecule has 1 spiro atoms. The molecule has 0 amide bonds. The van der Waals surface area contributed by atoms with Crippen molar-refractivity contribution in [3.05, 3.63) is 23.8 Å². The van der Waals surface area contributed by atoms with Gasteiger partial charge in [-0.1, -0.05) is 5.16 Å². The summed E-state index contributed by atoms with van der Waals surface area (Å²) in [6.07, 6.45) is 1.68. The molecule has 2 heterocycles. The molecule has 3 rings (SSSR count). The molecule has 1 aromatic rings. The molecule has 2 aliphatic heterocycles. The largest absolute Gasteiger partial charge is 0.493 e. The predicted molar refractivity (Wildman–Crippen MR) is 70.0 cm³/mol. The second kappa shape index (κ2) is 4.74. The van der Waals surface area contributed by atoms with Gasteiger partial charge in [0.25, 0.3) is 0 Å². The Morgan fingerprint density at radius 3 is 2.74 bits per heavy atom. The Hall–Kier alpha value is -1.75. The maximum atomic E-state index is 5.59. The van der Waals surface area contributed by atoms with Crippen molar-refractivity contribution in [2.45, 2.75) is 18.4 Å². The molecule has 0 radical (unpaired) electrons. The average Bonchev–Trinajstić information content (AvgIpc) is 3.09. The minimum Gasteiger partial charge on any atom is -0.493 e. The standard InChI is InChI=1S/C14H17NO4/c1-16-12-4-3-10(7-13(12)17-2)11-8-14(19-15-11)5-6-18-9-14/h3-4,7H,5-6,8-9H2,1-2H3. The Morgan fingerprint density at radius 2 is 2.05 bits per heavy atom. The molecule has 1 unspecified atom stereocenters. The molecular weight excluding hydrogens is 246 g/mol. The molecule has 1 aromatic carbocycles. The number of hydrogen-bond donors (Lipinski definition) is 0. The normalized spacial score (nSPS) is 25.3. The second-order valence-corrected chi connectivity index (χ2v) is 4.86. The lowest BCUT2D eigenvalue weighted by Gasteiger charge is -2.17. The van der Waals surface area contributed by atoms with Crippen molar-refractivity contribution < 1.29 is 19.0 Å². The molecule has 2 aliphatic rings. The Bertz CT molecular complexity index is 506. The number of rotatable bonds is 3. The van der Waals surface area contributed by atoms with Gasteiger partial charge in [0.05, 0.1) is 33.1 Å². The molecule has 0 aliphatic carbocycles. The van der Waals surface area contributed by atoms with E-state index in [0.29, 0.717) is 18.1 Å². The highest BCUT2D eigenvalue weighted by atomic mass is 16.7. The first kappa shape index (κ1) is 12.3. The molecular formula is C14H17NO4. The molecule has 0 bridgehead atoms. The highest BCUT2D eigenvalue weighted by Crippen LogP contribution is 2.35. The zero-order chi connectivity index (χ0) is 13.3. The van der Waals surface area contributed by atoms with Crippen molar-refractivity contribution in [3.63, 3.8) is 0 Å². The first-order valence-electron chi connectivity index (χ1n) is 6.31. The fourth-order valence-corrected chi connectivity index (χ4v) is 2.49. The van der Waals surface area contributed by atoms with Crippen molar-refractivity contribution in [1.82, 2.24) is 0 Å². The molecule has 19 heavy (non-hydrogen) atoms. The number of methoxy groups -OCH3 is 2. The molecule has 1 fully saturated rings. The van der Waals surface area contributed by atoms with E-state index in [0.717, 1.165) is 30.7 Å². The smallest absolute Gasteiger partial charge is 0.168 e. The van der Waals surface area contributed by atoms with Crippen LogP contribution in [0.2, 0.25) is 0 Å². The van der Waals surface area contributed by atoms with Gasteiger partial charge in [0.2, 0.25) is 0 Å². The summed E-state index contributed by atoms with van der Waals surface area (Å²) >= 11 is 0. The van der Waals surface area contributed by atoms with E-state index >= 15 is 0 Å². The van der Waals surface area contributed by atoms with E-state index in [1.807, 2.05) is 18.2 Å². The van der Waals surface area contributed by atoms with E-state index in [2.05, 4.69) is 5.16 Å². The molecule has 1 saturated heterocycles. The van der Waals surface area contributed by atoms with Crippen LogP contribution in [0.1, 0.15) is 18.4 Å². The number of oxime groups is 1. The molecule has 0 aromatic heterocycles. The van der Waals surface area contributed by atoms with E-state index in [1.165, 1.54) is 0 Å². The van der Waals surface area contributed by atoms with Crippen LogP contribution in [0.15, 0.2) is 23.4 Å². The number of benzene rings is 1. The summed E-state index contributed by atoms with van der Waals surface area (Å²) in [6.45, 7) is 1.36. The van der Waals surface area contributed by atoms with Crippen LogP contribution in [-0.4, -0.2) is 38.7 Å². The third-order valence-corrected chi connectivity index (χ3v) is 3.62. The van der Waals surface area contributed by atoms with E-state index in [1.54, 1.807) is 14.2 Å². The zero-order valence-corrected chi connectivity index (χ0v) is 11.1. The van der Waals surface area contributed by atoms with Crippen LogP contribution in [0.3, 0.4) is 0 Å². The van der Waals surface area contributed by atoms with Crippen LogP contribution in [0, 0.1) is 0 Å². The van der Waals surface area contributed by atoms with Crippen LogP contribution in [0.25, 0.3) is 0 Å². The van der Waals surface area contributed by atoms with Gasteiger partial charge >= 0.3 is 0 Å². The second-order valence-electron chi connectivity index (χ2n) is 4.86. The van der Waals surface area contributed by atoms with E-state index in [-0.39, 0.29) is 5.60 Å². The Labute approximate surface area is 112 Å². The van der Waals surface area contributed by atoms with E-state index in [9.17, 15) is 0 Å². The molecule has 5 heteroatoms. The molecule has 0 N–H and O–H groups in total. The van der Waals surface area contributed by atoms with Crippen LogP contribution in [-0.2, 0) is 9.57 Å². The minimum atomic E-state index is -0.248. The lowest BCUT2D eigenvalue weighted by molar-refractivity contribution is -0.0237. The highest BCUT2D eigenvalue weighted by Gasteiger charge is 2.43. The topological polar surface area (TPSA) is 49.3 Å². The Morgan fingerprint density at radius 1 is 1.21 bits per heavy atom. The van der Waals surface area contributed by atoms with Crippen LogP contribution < -0.4 is 9.47 Å². The van der Waals surface area contributed by atoms with Gasteiger partial charge in [0.15, 0.2) is 17.1 Å². The maximum absolute atomic E-state index is 5.59. The summed E-state index contributed by atoms with van der Waals surface area (Å²) in [5, 5.41) is 4.21. The summed E-state index contributed by atoms with van der Waals surface area (Å²) < 4.78 is 15.9. The number of hydrogen-bond acceptors (Lipinski definition) is 5. The summed E-state index contributed by atoms with van der Waals surface area (Å²) in [5.41, 5.74) is 1.69. The maximum Gasteiger partial charge on any atom is 0.168 e. The quantitative estimate of drug-likeness (QED) is 0.836. The first-order valence-corrected chi connectivity index (χ1v) is 6.31. The fraction of sp³-hybridized carbons (Fsp3) is 0.500. The van der Waals surface area contributed by atoms with Crippen molar-refractivity contribution in [2.24, 2.45) is 5.16 Å². The van der Waals surface area contributed by atoms with Crippen molar-refractivity contribution in [3.8, 4) is 11.5 Å². The fourth-order valence-electron chi connectivity index (χ4n) is 2.49. The molecule has 102 valence electrons. The Kier molecular flexibility index (Phi) is 3.06. The van der Waals surface area contributed by atoms with Gasteiger partial charge in [-0.15, -0.1) is 0 Å². The monoisotopic (exact) mass is 263 g/mol. The van der Waals surface area contributed by atoms with Crippen LogP contribution >= 0.6 is 0 Å². The lowest BCUT2D eigenvalue weighted by atomic mass is 9.93. The first-order chi connectivity index (χ1) is 9.26. The van der Waals surface area contributed by atoms with Gasteiger partial charge in [-0.05, 0) is 18.2 Å². The third-order valence-electron chi connectivity index (χ3n) is 3.62. The SMILES string of the molecule is COc1ccc(C2=NOC3(CCOC3)C2)cc1OC. The molecule has 0 saturated carbocycles.